The van der Waals surface area contributed by atoms with Crippen molar-refractivity contribution in [3.63, 3.8) is 0 Å². The highest BCUT2D eigenvalue weighted by atomic mass is 16.5. The first-order valence-corrected chi connectivity index (χ1v) is 6.80. The molecule has 1 saturated heterocycles. The van der Waals surface area contributed by atoms with Gasteiger partial charge in [0.25, 0.3) is 0 Å². The summed E-state index contributed by atoms with van der Waals surface area (Å²) in [5, 5.41) is 3.42. The zero-order valence-electron chi connectivity index (χ0n) is 11.4. The summed E-state index contributed by atoms with van der Waals surface area (Å²) < 4.78 is 5.06. The molecule has 0 aliphatic carbocycles. The lowest BCUT2D eigenvalue weighted by molar-refractivity contribution is -0.148. The predicted molar refractivity (Wildman–Crippen MR) is 68.9 cm³/mol. The monoisotopic (exact) mass is 242 g/mol. The van der Waals surface area contributed by atoms with Crippen LogP contribution in [0.2, 0.25) is 0 Å². The third kappa shape index (κ3) is 4.64. The third-order valence-corrected chi connectivity index (χ3v) is 3.39. The Morgan fingerprint density at radius 1 is 1.53 bits per heavy atom. The summed E-state index contributed by atoms with van der Waals surface area (Å²) in [6.45, 7) is 10.4. The van der Waals surface area contributed by atoms with E-state index in [1.54, 1.807) is 0 Å². The van der Waals surface area contributed by atoms with Gasteiger partial charge in [-0.1, -0.05) is 13.8 Å². The van der Waals surface area contributed by atoms with Crippen LogP contribution in [0.1, 0.15) is 33.6 Å². The summed E-state index contributed by atoms with van der Waals surface area (Å²) in [7, 11) is 0. The van der Waals surface area contributed by atoms with Gasteiger partial charge in [-0.2, -0.15) is 0 Å². The fourth-order valence-electron chi connectivity index (χ4n) is 2.39. The van der Waals surface area contributed by atoms with Gasteiger partial charge in [-0.3, -0.25) is 9.69 Å². The number of ether oxygens (including phenoxy) is 1. The molecular formula is C13H26N2O2. The minimum atomic E-state index is -0.0743. The van der Waals surface area contributed by atoms with Crippen molar-refractivity contribution in [3.8, 4) is 0 Å². The quantitative estimate of drug-likeness (QED) is 0.712. The molecular weight excluding hydrogens is 216 g/mol. The molecule has 0 aromatic heterocycles. The van der Waals surface area contributed by atoms with E-state index in [9.17, 15) is 4.79 Å². The molecule has 1 rings (SSSR count). The van der Waals surface area contributed by atoms with Gasteiger partial charge in [0, 0.05) is 19.1 Å². The molecule has 2 unspecified atom stereocenters. The summed E-state index contributed by atoms with van der Waals surface area (Å²) in [5.74, 6) is -0.105. The van der Waals surface area contributed by atoms with Gasteiger partial charge in [0.1, 0.15) is 0 Å². The molecule has 1 aliphatic heterocycles. The largest absolute Gasteiger partial charge is 0.466 e. The Balaban J connectivity index is 2.41. The highest BCUT2D eigenvalue weighted by molar-refractivity contribution is 5.72. The number of nitrogens with zero attached hydrogens (tertiary/aromatic N) is 1. The molecule has 1 aliphatic rings. The Morgan fingerprint density at radius 2 is 2.29 bits per heavy atom. The van der Waals surface area contributed by atoms with E-state index in [0.717, 1.165) is 26.2 Å². The average Bonchev–Trinajstić information content (AvgIpc) is 2.37. The van der Waals surface area contributed by atoms with Gasteiger partial charge in [0.15, 0.2) is 0 Å². The number of rotatable bonds is 6. The van der Waals surface area contributed by atoms with Crippen LogP contribution in [-0.2, 0) is 9.53 Å². The molecule has 1 heterocycles. The van der Waals surface area contributed by atoms with Crippen molar-refractivity contribution in [2.45, 2.75) is 39.7 Å². The van der Waals surface area contributed by atoms with Gasteiger partial charge in [0.05, 0.1) is 12.5 Å². The number of esters is 1. The second-order valence-corrected chi connectivity index (χ2v) is 4.74. The normalized spacial score (nSPS) is 22.5. The Morgan fingerprint density at radius 3 is 2.82 bits per heavy atom. The van der Waals surface area contributed by atoms with E-state index >= 15 is 0 Å². The van der Waals surface area contributed by atoms with Crippen LogP contribution in [-0.4, -0.2) is 49.7 Å². The summed E-state index contributed by atoms with van der Waals surface area (Å²) in [6, 6.07) is 0.575. The molecule has 0 aromatic rings. The van der Waals surface area contributed by atoms with Gasteiger partial charge in [0.2, 0.25) is 0 Å². The first-order valence-electron chi connectivity index (χ1n) is 6.80. The van der Waals surface area contributed by atoms with Crippen molar-refractivity contribution >= 4 is 5.97 Å². The van der Waals surface area contributed by atoms with Crippen molar-refractivity contribution in [2.75, 3.05) is 32.8 Å². The second kappa shape index (κ2) is 7.67. The second-order valence-electron chi connectivity index (χ2n) is 4.74. The van der Waals surface area contributed by atoms with E-state index in [1.165, 1.54) is 12.8 Å². The van der Waals surface area contributed by atoms with Gasteiger partial charge < -0.3 is 10.1 Å². The highest BCUT2D eigenvalue weighted by Gasteiger charge is 2.24. The number of nitrogens with one attached hydrogen (secondary N) is 1. The summed E-state index contributed by atoms with van der Waals surface area (Å²) >= 11 is 0. The molecule has 100 valence electrons. The van der Waals surface area contributed by atoms with Gasteiger partial charge in [-0.25, -0.2) is 0 Å². The van der Waals surface area contributed by atoms with Crippen LogP contribution in [0.25, 0.3) is 0 Å². The molecule has 0 bridgehead atoms. The van der Waals surface area contributed by atoms with Gasteiger partial charge in [-0.15, -0.1) is 0 Å². The molecule has 2 atom stereocenters. The van der Waals surface area contributed by atoms with E-state index in [0.29, 0.717) is 12.6 Å². The molecule has 0 aromatic carbocycles. The molecule has 17 heavy (non-hydrogen) atoms. The smallest absolute Gasteiger partial charge is 0.309 e. The fourth-order valence-corrected chi connectivity index (χ4v) is 2.39. The van der Waals surface area contributed by atoms with Gasteiger partial charge in [-0.05, 0) is 32.9 Å². The SMILES string of the molecule is CCOC(=O)C(C)CN(CC)C1CCCNC1. The van der Waals surface area contributed by atoms with Crippen LogP contribution in [0.5, 0.6) is 0 Å². The van der Waals surface area contributed by atoms with Crippen LogP contribution < -0.4 is 5.32 Å². The maximum Gasteiger partial charge on any atom is 0.309 e. The Labute approximate surface area is 105 Å². The van der Waals surface area contributed by atoms with E-state index < -0.39 is 0 Å². The number of piperidine rings is 1. The first-order chi connectivity index (χ1) is 8.19. The van der Waals surface area contributed by atoms with Crippen molar-refractivity contribution in [3.05, 3.63) is 0 Å². The minimum absolute atomic E-state index is 0.0307. The highest BCUT2D eigenvalue weighted by Crippen LogP contribution is 2.13. The van der Waals surface area contributed by atoms with E-state index in [1.807, 2.05) is 13.8 Å². The molecule has 0 spiro atoms. The number of hydrogen-bond acceptors (Lipinski definition) is 4. The van der Waals surface area contributed by atoms with Crippen LogP contribution in [0.3, 0.4) is 0 Å². The summed E-state index contributed by atoms with van der Waals surface area (Å²) in [5.41, 5.74) is 0. The summed E-state index contributed by atoms with van der Waals surface area (Å²) in [6.07, 6.45) is 2.46. The number of carbonyl (C=O) groups is 1. The summed E-state index contributed by atoms with van der Waals surface area (Å²) in [4.78, 5) is 14.0. The molecule has 1 fully saturated rings. The van der Waals surface area contributed by atoms with Crippen molar-refractivity contribution in [1.29, 1.82) is 0 Å². The molecule has 4 nitrogen and oxygen atoms in total. The molecule has 0 radical (unpaired) electrons. The predicted octanol–water partition coefficient (Wildman–Crippen LogP) is 1.26. The van der Waals surface area contributed by atoms with Crippen LogP contribution in [0.15, 0.2) is 0 Å². The minimum Gasteiger partial charge on any atom is -0.466 e. The molecule has 4 heteroatoms. The Hall–Kier alpha value is -0.610. The first kappa shape index (κ1) is 14.5. The lowest BCUT2D eigenvalue weighted by Gasteiger charge is -2.35. The lowest BCUT2D eigenvalue weighted by atomic mass is 10.0. The number of likely N-dealkylation sites (N-methyl/N-ethyl adjacent to an activating group) is 1. The molecule has 0 saturated carbocycles. The molecule has 0 amide bonds. The Bertz CT molecular complexity index is 227. The fraction of sp³-hybridized carbons (Fsp3) is 0.923. The number of hydrogen-bond donors (Lipinski definition) is 1. The topological polar surface area (TPSA) is 41.6 Å². The van der Waals surface area contributed by atoms with Gasteiger partial charge >= 0.3 is 5.97 Å². The lowest BCUT2D eigenvalue weighted by Crippen LogP contribution is -2.48. The number of carbonyl (C=O) groups excluding carboxylic acids is 1. The van der Waals surface area contributed by atoms with Crippen LogP contribution in [0, 0.1) is 5.92 Å². The van der Waals surface area contributed by atoms with Crippen LogP contribution >= 0.6 is 0 Å². The maximum absolute atomic E-state index is 11.6. The zero-order chi connectivity index (χ0) is 12.7. The average molecular weight is 242 g/mol. The zero-order valence-corrected chi connectivity index (χ0v) is 11.4. The van der Waals surface area contributed by atoms with E-state index in [2.05, 4.69) is 17.1 Å². The van der Waals surface area contributed by atoms with Crippen molar-refractivity contribution in [2.24, 2.45) is 5.92 Å². The van der Waals surface area contributed by atoms with Crippen molar-refractivity contribution < 1.29 is 9.53 Å². The van der Waals surface area contributed by atoms with E-state index in [4.69, 9.17) is 4.74 Å². The standard InChI is InChI=1S/C13H26N2O2/c1-4-15(12-7-6-8-14-9-12)10-11(3)13(16)17-5-2/h11-12,14H,4-10H2,1-3H3. The van der Waals surface area contributed by atoms with Crippen molar-refractivity contribution in [1.82, 2.24) is 10.2 Å². The Kier molecular flexibility index (Phi) is 6.52. The molecule has 1 N–H and O–H groups in total. The third-order valence-electron chi connectivity index (χ3n) is 3.39. The maximum atomic E-state index is 11.6. The van der Waals surface area contributed by atoms with Crippen LogP contribution in [0.4, 0.5) is 0 Å². The van der Waals surface area contributed by atoms with E-state index in [-0.39, 0.29) is 11.9 Å².